The standard InChI is InChI=1S/C7H10N2O3S.Na/c8-6-2-1-5(7(9)3-6)4-13(10,11)12;/h1-3H,4,8-9H2,(H,10,11,12);/q;+1/p-1. The summed E-state index contributed by atoms with van der Waals surface area (Å²) in [5.41, 5.74) is 11.8. The summed E-state index contributed by atoms with van der Waals surface area (Å²) < 4.78 is 31.2. The molecule has 72 valence electrons. The van der Waals surface area contributed by atoms with Crippen LogP contribution in [-0.4, -0.2) is 13.0 Å². The molecular weight excluding hydrogens is 215 g/mol. The summed E-state index contributed by atoms with van der Waals surface area (Å²) in [6, 6.07) is 4.34. The number of rotatable bonds is 2. The fourth-order valence-electron chi connectivity index (χ4n) is 0.935. The summed E-state index contributed by atoms with van der Waals surface area (Å²) in [6.45, 7) is 0. The van der Waals surface area contributed by atoms with E-state index in [-0.39, 0.29) is 40.8 Å². The smallest absolute Gasteiger partial charge is 0.748 e. The Morgan fingerprint density at radius 3 is 2.29 bits per heavy atom. The van der Waals surface area contributed by atoms with Crippen molar-refractivity contribution in [2.45, 2.75) is 5.75 Å². The van der Waals surface area contributed by atoms with Gasteiger partial charge in [0.25, 0.3) is 0 Å². The molecule has 0 aromatic heterocycles. The van der Waals surface area contributed by atoms with E-state index in [1.54, 1.807) is 0 Å². The van der Waals surface area contributed by atoms with Gasteiger partial charge in [-0.25, -0.2) is 8.42 Å². The minimum atomic E-state index is -4.28. The van der Waals surface area contributed by atoms with Crippen molar-refractivity contribution in [3.63, 3.8) is 0 Å². The van der Waals surface area contributed by atoms with E-state index in [2.05, 4.69) is 0 Å². The number of nitrogens with two attached hydrogens (primary N) is 2. The Morgan fingerprint density at radius 1 is 1.29 bits per heavy atom. The van der Waals surface area contributed by atoms with Crippen molar-refractivity contribution in [1.82, 2.24) is 0 Å². The van der Waals surface area contributed by atoms with Crippen LogP contribution in [0.3, 0.4) is 0 Å². The van der Waals surface area contributed by atoms with Gasteiger partial charge in [0, 0.05) is 11.4 Å². The normalized spacial score (nSPS) is 10.6. The van der Waals surface area contributed by atoms with Crippen LogP contribution < -0.4 is 41.0 Å². The average molecular weight is 224 g/mol. The maximum atomic E-state index is 10.4. The van der Waals surface area contributed by atoms with Gasteiger partial charge in [-0.3, -0.25) is 0 Å². The van der Waals surface area contributed by atoms with Gasteiger partial charge in [-0.1, -0.05) is 6.07 Å². The van der Waals surface area contributed by atoms with Crippen LogP contribution in [0.4, 0.5) is 11.4 Å². The van der Waals surface area contributed by atoms with Gasteiger partial charge in [-0.2, -0.15) is 0 Å². The molecule has 0 heterocycles. The molecule has 5 nitrogen and oxygen atoms in total. The monoisotopic (exact) mass is 224 g/mol. The molecular formula is C7H9N2NaO3S. The van der Waals surface area contributed by atoms with Gasteiger partial charge in [0.15, 0.2) is 0 Å². The fourth-order valence-corrected chi connectivity index (χ4v) is 1.58. The van der Waals surface area contributed by atoms with E-state index < -0.39 is 15.9 Å². The molecule has 0 saturated heterocycles. The van der Waals surface area contributed by atoms with Crippen molar-refractivity contribution < 1.29 is 42.5 Å². The van der Waals surface area contributed by atoms with Crippen LogP contribution >= 0.6 is 0 Å². The molecule has 0 radical (unpaired) electrons. The molecule has 1 aromatic rings. The van der Waals surface area contributed by atoms with E-state index in [1.165, 1.54) is 18.2 Å². The van der Waals surface area contributed by atoms with Crippen molar-refractivity contribution in [3.05, 3.63) is 23.8 Å². The number of hydrogen-bond acceptors (Lipinski definition) is 5. The van der Waals surface area contributed by atoms with Gasteiger partial charge in [0.1, 0.15) is 0 Å². The second-order valence-corrected chi connectivity index (χ2v) is 4.06. The second kappa shape index (κ2) is 4.99. The van der Waals surface area contributed by atoms with Crippen molar-refractivity contribution >= 4 is 21.5 Å². The van der Waals surface area contributed by atoms with Gasteiger partial charge in [0.05, 0.1) is 15.9 Å². The molecule has 1 rings (SSSR count). The van der Waals surface area contributed by atoms with Gasteiger partial charge in [-0.05, 0) is 17.7 Å². The molecule has 0 aliphatic heterocycles. The van der Waals surface area contributed by atoms with Crippen LogP contribution in [0, 0.1) is 0 Å². The Hall–Kier alpha value is -0.270. The molecule has 0 aliphatic carbocycles. The predicted molar refractivity (Wildman–Crippen MR) is 48.7 cm³/mol. The van der Waals surface area contributed by atoms with Crippen molar-refractivity contribution in [2.75, 3.05) is 11.5 Å². The van der Waals surface area contributed by atoms with E-state index in [9.17, 15) is 13.0 Å². The molecule has 0 atom stereocenters. The first kappa shape index (κ1) is 13.7. The van der Waals surface area contributed by atoms with Gasteiger partial charge in [-0.15, -0.1) is 0 Å². The summed E-state index contributed by atoms with van der Waals surface area (Å²) in [7, 11) is -4.28. The third kappa shape index (κ3) is 4.30. The first-order valence-corrected chi connectivity index (χ1v) is 5.03. The largest absolute Gasteiger partial charge is 1.00 e. The number of hydrogen-bond donors (Lipinski definition) is 2. The first-order valence-electron chi connectivity index (χ1n) is 3.46. The van der Waals surface area contributed by atoms with E-state index >= 15 is 0 Å². The molecule has 0 aliphatic rings. The van der Waals surface area contributed by atoms with E-state index in [1.807, 2.05) is 0 Å². The number of benzene rings is 1. The Labute approximate surface area is 105 Å². The first-order chi connectivity index (χ1) is 5.88. The van der Waals surface area contributed by atoms with Crippen molar-refractivity contribution in [1.29, 1.82) is 0 Å². The number of anilines is 2. The molecule has 0 spiro atoms. The van der Waals surface area contributed by atoms with Crippen LogP contribution in [0.15, 0.2) is 18.2 Å². The molecule has 4 N–H and O–H groups in total. The Morgan fingerprint density at radius 2 is 1.86 bits per heavy atom. The Kier molecular flexibility index (Phi) is 4.90. The maximum absolute atomic E-state index is 10.4. The zero-order chi connectivity index (χ0) is 10.1. The molecule has 0 saturated carbocycles. The average Bonchev–Trinajstić information content (AvgIpc) is 1.93. The van der Waals surface area contributed by atoms with E-state index in [0.717, 1.165) is 0 Å². The maximum Gasteiger partial charge on any atom is 1.00 e. The fraction of sp³-hybridized carbons (Fsp3) is 0.143. The van der Waals surface area contributed by atoms with Crippen molar-refractivity contribution in [3.8, 4) is 0 Å². The van der Waals surface area contributed by atoms with Gasteiger partial charge >= 0.3 is 29.6 Å². The second-order valence-electron chi connectivity index (χ2n) is 2.66. The zero-order valence-corrected chi connectivity index (χ0v) is 10.5. The minimum absolute atomic E-state index is 0. The summed E-state index contributed by atoms with van der Waals surface area (Å²) >= 11 is 0. The minimum Gasteiger partial charge on any atom is -0.748 e. The summed E-state index contributed by atoms with van der Waals surface area (Å²) in [5.74, 6) is -0.598. The SMILES string of the molecule is Nc1ccc(CS(=O)(=O)[O-])c(N)c1.[Na+]. The Bertz CT molecular complexity index is 419. The molecule has 0 amide bonds. The third-order valence-electron chi connectivity index (χ3n) is 1.50. The predicted octanol–water partition coefficient (Wildman–Crippen LogP) is -3.10. The van der Waals surface area contributed by atoms with Crippen LogP contribution in [0.1, 0.15) is 5.56 Å². The van der Waals surface area contributed by atoms with Gasteiger partial charge < -0.3 is 16.0 Å². The molecule has 0 fully saturated rings. The topological polar surface area (TPSA) is 109 Å². The van der Waals surface area contributed by atoms with Crippen LogP contribution in [0.5, 0.6) is 0 Å². The van der Waals surface area contributed by atoms with Crippen LogP contribution in [0.25, 0.3) is 0 Å². The third-order valence-corrected chi connectivity index (χ3v) is 2.17. The van der Waals surface area contributed by atoms with Crippen LogP contribution in [0.2, 0.25) is 0 Å². The molecule has 0 bridgehead atoms. The van der Waals surface area contributed by atoms with E-state index in [4.69, 9.17) is 11.5 Å². The molecule has 0 unspecified atom stereocenters. The van der Waals surface area contributed by atoms with Crippen LogP contribution in [-0.2, 0) is 15.9 Å². The summed E-state index contributed by atoms with van der Waals surface area (Å²) in [6.07, 6.45) is 0. The van der Waals surface area contributed by atoms with Gasteiger partial charge in [0.2, 0.25) is 0 Å². The van der Waals surface area contributed by atoms with E-state index in [0.29, 0.717) is 5.69 Å². The Balaban J connectivity index is 0.00000169. The molecule has 14 heavy (non-hydrogen) atoms. The number of nitrogen functional groups attached to an aromatic ring is 2. The summed E-state index contributed by atoms with van der Waals surface area (Å²) in [5, 5.41) is 0. The zero-order valence-electron chi connectivity index (χ0n) is 7.73. The molecule has 1 aromatic carbocycles. The van der Waals surface area contributed by atoms with Crippen molar-refractivity contribution in [2.24, 2.45) is 0 Å². The summed E-state index contributed by atoms with van der Waals surface area (Å²) in [4.78, 5) is 0. The molecule has 7 heteroatoms. The quantitative estimate of drug-likeness (QED) is 0.314.